The van der Waals surface area contributed by atoms with E-state index in [0.717, 1.165) is 37.9 Å². The summed E-state index contributed by atoms with van der Waals surface area (Å²) in [5.74, 6) is 0.191. The number of nitrogens with zero attached hydrogens (tertiary/aromatic N) is 1. The second kappa shape index (κ2) is 5.82. The van der Waals surface area contributed by atoms with Crippen molar-refractivity contribution in [2.75, 3.05) is 6.54 Å². The summed E-state index contributed by atoms with van der Waals surface area (Å²) in [6, 6.07) is 4.65. The number of hydrogen-bond donors (Lipinski definition) is 2. The lowest BCUT2D eigenvalue weighted by molar-refractivity contribution is 0.00313. The monoisotopic (exact) mass is 274 g/mol. The molecule has 2 N–H and O–H groups in total. The largest absolute Gasteiger partial charge is 0.389 e. The van der Waals surface area contributed by atoms with Gasteiger partial charge in [0.15, 0.2) is 0 Å². The highest BCUT2D eigenvalue weighted by Crippen LogP contribution is 2.40. The van der Waals surface area contributed by atoms with Crippen molar-refractivity contribution in [2.45, 2.75) is 69.4 Å². The second-order valence-electron chi connectivity index (χ2n) is 6.70. The molecule has 1 fully saturated rings. The molecule has 2 heterocycles. The minimum Gasteiger partial charge on any atom is -0.389 e. The highest BCUT2D eigenvalue weighted by atomic mass is 16.3. The number of pyridine rings is 1. The zero-order chi connectivity index (χ0) is 14.0. The lowest BCUT2D eigenvalue weighted by Crippen LogP contribution is -2.44. The van der Waals surface area contributed by atoms with Gasteiger partial charge in [-0.05, 0) is 63.6 Å². The van der Waals surface area contributed by atoms with E-state index in [1.165, 1.54) is 24.8 Å². The maximum absolute atomic E-state index is 11.1. The van der Waals surface area contributed by atoms with Crippen molar-refractivity contribution in [1.29, 1.82) is 0 Å². The van der Waals surface area contributed by atoms with Crippen LogP contribution in [0.2, 0.25) is 0 Å². The van der Waals surface area contributed by atoms with E-state index in [2.05, 4.69) is 16.4 Å². The van der Waals surface area contributed by atoms with E-state index < -0.39 is 5.60 Å². The summed E-state index contributed by atoms with van der Waals surface area (Å²) in [6.45, 7) is 3.11. The Balaban J connectivity index is 1.77. The Morgan fingerprint density at radius 1 is 1.35 bits per heavy atom. The smallest absolute Gasteiger partial charge is 0.0718 e. The van der Waals surface area contributed by atoms with Gasteiger partial charge in [-0.15, -0.1) is 0 Å². The van der Waals surface area contributed by atoms with E-state index in [0.29, 0.717) is 6.04 Å². The van der Waals surface area contributed by atoms with E-state index in [4.69, 9.17) is 0 Å². The Morgan fingerprint density at radius 2 is 2.25 bits per heavy atom. The molecule has 1 aliphatic carbocycles. The fourth-order valence-electron chi connectivity index (χ4n) is 3.95. The fourth-order valence-corrected chi connectivity index (χ4v) is 3.95. The minimum atomic E-state index is -0.654. The Morgan fingerprint density at radius 3 is 3.05 bits per heavy atom. The molecular formula is C17H26N2O. The zero-order valence-electron chi connectivity index (χ0n) is 12.4. The van der Waals surface area contributed by atoms with Crippen molar-refractivity contribution in [2.24, 2.45) is 0 Å². The summed E-state index contributed by atoms with van der Waals surface area (Å²) in [7, 11) is 0. The predicted octanol–water partition coefficient (Wildman–Crippen LogP) is 2.78. The second-order valence-corrected chi connectivity index (χ2v) is 6.70. The van der Waals surface area contributed by atoms with Crippen molar-refractivity contribution in [3.05, 3.63) is 29.6 Å². The summed E-state index contributed by atoms with van der Waals surface area (Å²) in [5.41, 5.74) is 1.82. The van der Waals surface area contributed by atoms with Crippen molar-refractivity contribution in [3.8, 4) is 0 Å². The molecule has 2 aliphatic rings. The average molecular weight is 274 g/mol. The molecule has 0 spiro atoms. The van der Waals surface area contributed by atoms with Crippen LogP contribution >= 0.6 is 0 Å². The molecule has 3 nitrogen and oxygen atoms in total. The number of rotatable bonds is 3. The van der Waals surface area contributed by atoms with Gasteiger partial charge >= 0.3 is 0 Å². The molecule has 3 heteroatoms. The number of piperidine rings is 1. The summed E-state index contributed by atoms with van der Waals surface area (Å²) in [5, 5.41) is 14.6. The molecule has 3 rings (SSSR count). The standard InChI is InChI=1S/C17H26N2O/c1-17(20,12-14-8-2-3-10-18-14)15-9-4-6-13-7-5-11-19-16(13)15/h5,7,11,14-15,18,20H,2-4,6,8-10,12H2,1H3. The maximum atomic E-state index is 11.1. The first-order valence-electron chi connectivity index (χ1n) is 8.06. The highest BCUT2D eigenvalue weighted by Gasteiger charge is 2.38. The molecule has 0 amide bonds. The SMILES string of the molecule is CC(O)(CC1CCCCN1)C1CCCc2cccnc21. The number of fused-ring (bicyclic) bond motifs is 1. The average Bonchev–Trinajstić information content (AvgIpc) is 2.47. The van der Waals surface area contributed by atoms with Crippen LogP contribution in [0.4, 0.5) is 0 Å². The van der Waals surface area contributed by atoms with Crippen molar-refractivity contribution in [1.82, 2.24) is 10.3 Å². The third-order valence-electron chi connectivity index (χ3n) is 5.02. The fraction of sp³-hybridized carbons (Fsp3) is 0.706. The molecule has 20 heavy (non-hydrogen) atoms. The Labute approximate surface area is 121 Å². The lowest BCUT2D eigenvalue weighted by atomic mass is 9.73. The van der Waals surface area contributed by atoms with Crippen LogP contribution in [-0.2, 0) is 6.42 Å². The quantitative estimate of drug-likeness (QED) is 0.891. The molecule has 1 aromatic heterocycles. The first-order chi connectivity index (χ1) is 9.67. The topological polar surface area (TPSA) is 45.1 Å². The molecule has 0 saturated carbocycles. The van der Waals surface area contributed by atoms with Crippen molar-refractivity contribution in [3.63, 3.8) is 0 Å². The molecule has 0 bridgehead atoms. The Hall–Kier alpha value is -0.930. The molecular weight excluding hydrogens is 248 g/mol. The molecule has 1 aliphatic heterocycles. The Bertz CT molecular complexity index is 452. The molecule has 110 valence electrons. The maximum Gasteiger partial charge on any atom is 0.0718 e. The third-order valence-corrected chi connectivity index (χ3v) is 5.02. The van der Waals surface area contributed by atoms with Crippen LogP contribution in [0.3, 0.4) is 0 Å². The van der Waals surface area contributed by atoms with Crippen LogP contribution in [0.15, 0.2) is 18.3 Å². The van der Waals surface area contributed by atoms with E-state index in [9.17, 15) is 5.11 Å². The molecule has 3 atom stereocenters. The molecule has 1 saturated heterocycles. The Kier molecular flexibility index (Phi) is 4.08. The third kappa shape index (κ3) is 2.89. The number of nitrogens with one attached hydrogen (secondary N) is 1. The van der Waals surface area contributed by atoms with Gasteiger partial charge in [-0.2, -0.15) is 0 Å². The van der Waals surface area contributed by atoms with Gasteiger partial charge in [0, 0.05) is 23.9 Å². The predicted molar refractivity (Wildman–Crippen MR) is 80.8 cm³/mol. The number of aryl methyl sites for hydroxylation is 1. The van der Waals surface area contributed by atoms with E-state index in [1.54, 1.807) is 0 Å². The zero-order valence-corrected chi connectivity index (χ0v) is 12.4. The van der Waals surface area contributed by atoms with Crippen LogP contribution in [0.25, 0.3) is 0 Å². The first kappa shape index (κ1) is 14.0. The van der Waals surface area contributed by atoms with E-state index in [-0.39, 0.29) is 5.92 Å². The van der Waals surface area contributed by atoms with Crippen molar-refractivity contribution < 1.29 is 5.11 Å². The summed E-state index contributed by atoms with van der Waals surface area (Å²) in [6.07, 6.45) is 9.79. The van der Waals surface area contributed by atoms with Crippen molar-refractivity contribution >= 4 is 0 Å². The molecule has 3 unspecified atom stereocenters. The van der Waals surface area contributed by atoms with Gasteiger partial charge in [-0.25, -0.2) is 0 Å². The molecule has 0 aromatic carbocycles. The van der Waals surface area contributed by atoms with Crippen LogP contribution in [0.1, 0.15) is 62.6 Å². The van der Waals surface area contributed by atoms with Gasteiger partial charge in [0.2, 0.25) is 0 Å². The van der Waals surface area contributed by atoms with Gasteiger partial charge < -0.3 is 10.4 Å². The summed E-state index contributed by atoms with van der Waals surface area (Å²) in [4.78, 5) is 4.58. The number of hydrogen-bond acceptors (Lipinski definition) is 3. The number of aromatic nitrogens is 1. The summed E-state index contributed by atoms with van der Waals surface area (Å²) >= 11 is 0. The van der Waals surface area contributed by atoms with E-state index in [1.807, 2.05) is 19.2 Å². The van der Waals surface area contributed by atoms with Gasteiger partial charge in [-0.1, -0.05) is 12.5 Å². The van der Waals surface area contributed by atoms with E-state index >= 15 is 0 Å². The van der Waals surface area contributed by atoms with Crippen LogP contribution in [0, 0.1) is 0 Å². The molecule has 1 aromatic rings. The highest BCUT2D eigenvalue weighted by molar-refractivity contribution is 5.28. The van der Waals surface area contributed by atoms with Crippen LogP contribution in [-0.4, -0.2) is 28.3 Å². The number of aliphatic hydroxyl groups is 1. The summed E-state index contributed by atoms with van der Waals surface area (Å²) < 4.78 is 0. The first-order valence-corrected chi connectivity index (χ1v) is 8.06. The minimum absolute atomic E-state index is 0.191. The van der Waals surface area contributed by atoms with Crippen LogP contribution in [0.5, 0.6) is 0 Å². The normalized spacial score (nSPS) is 29.5. The van der Waals surface area contributed by atoms with Gasteiger partial charge in [0.25, 0.3) is 0 Å². The van der Waals surface area contributed by atoms with Crippen LogP contribution < -0.4 is 5.32 Å². The van der Waals surface area contributed by atoms with Gasteiger partial charge in [-0.3, -0.25) is 4.98 Å². The van der Waals surface area contributed by atoms with Gasteiger partial charge in [0.1, 0.15) is 0 Å². The van der Waals surface area contributed by atoms with Gasteiger partial charge in [0.05, 0.1) is 5.60 Å². The molecule has 0 radical (unpaired) electrons. The lowest BCUT2D eigenvalue weighted by Gasteiger charge is -2.39.